The van der Waals surface area contributed by atoms with Gasteiger partial charge >= 0.3 is 6.18 Å². The SMILES string of the molecule is O=C(Nc1ccc(N2CCOCC2)cc1)C1(c2cccc(C(F)(F)F)c2)CCCC1. The molecule has 0 spiro atoms. The van der Waals surface area contributed by atoms with Crippen LogP contribution < -0.4 is 10.2 Å². The largest absolute Gasteiger partial charge is 0.416 e. The highest BCUT2D eigenvalue weighted by atomic mass is 19.4. The second kappa shape index (κ2) is 8.30. The van der Waals surface area contributed by atoms with E-state index in [9.17, 15) is 18.0 Å². The minimum Gasteiger partial charge on any atom is -0.378 e. The van der Waals surface area contributed by atoms with Gasteiger partial charge in [-0.05, 0) is 48.7 Å². The van der Waals surface area contributed by atoms with Crippen LogP contribution in [0.3, 0.4) is 0 Å². The summed E-state index contributed by atoms with van der Waals surface area (Å²) in [6, 6.07) is 12.8. The first-order valence-electron chi connectivity index (χ1n) is 10.3. The third kappa shape index (κ3) is 4.17. The maximum atomic E-state index is 13.3. The monoisotopic (exact) mass is 418 g/mol. The average molecular weight is 418 g/mol. The van der Waals surface area contributed by atoms with Crippen LogP contribution in [0, 0.1) is 0 Å². The van der Waals surface area contributed by atoms with Crippen molar-refractivity contribution in [2.45, 2.75) is 37.3 Å². The Morgan fingerprint density at radius 3 is 2.30 bits per heavy atom. The summed E-state index contributed by atoms with van der Waals surface area (Å²) >= 11 is 0. The molecule has 1 aliphatic heterocycles. The molecule has 1 amide bonds. The summed E-state index contributed by atoms with van der Waals surface area (Å²) in [5.41, 5.74) is 0.510. The van der Waals surface area contributed by atoms with Crippen LogP contribution in [-0.2, 0) is 21.1 Å². The molecule has 0 aromatic heterocycles. The Kier molecular flexibility index (Phi) is 5.73. The molecule has 0 radical (unpaired) electrons. The van der Waals surface area contributed by atoms with E-state index in [0.717, 1.165) is 43.8 Å². The van der Waals surface area contributed by atoms with Gasteiger partial charge in [0, 0.05) is 24.5 Å². The number of hydrogen-bond donors (Lipinski definition) is 1. The summed E-state index contributed by atoms with van der Waals surface area (Å²) in [4.78, 5) is 15.5. The molecular weight excluding hydrogens is 393 g/mol. The average Bonchev–Trinajstić information content (AvgIpc) is 3.26. The van der Waals surface area contributed by atoms with Gasteiger partial charge in [0.05, 0.1) is 24.2 Å². The van der Waals surface area contributed by atoms with Gasteiger partial charge in [0.2, 0.25) is 5.91 Å². The molecule has 0 atom stereocenters. The lowest BCUT2D eigenvalue weighted by Gasteiger charge is -2.30. The number of nitrogens with zero attached hydrogens (tertiary/aromatic N) is 1. The van der Waals surface area contributed by atoms with Crippen LogP contribution >= 0.6 is 0 Å². The fourth-order valence-electron chi connectivity index (χ4n) is 4.45. The fraction of sp³-hybridized carbons (Fsp3) is 0.435. The molecule has 30 heavy (non-hydrogen) atoms. The molecule has 2 aromatic rings. The van der Waals surface area contributed by atoms with Crippen molar-refractivity contribution >= 4 is 17.3 Å². The van der Waals surface area contributed by atoms with E-state index in [1.807, 2.05) is 24.3 Å². The van der Waals surface area contributed by atoms with Crippen molar-refractivity contribution in [1.29, 1.82) is 0 Å². The van der Waals surface area contributed by atoms with Crippen LogP contribution in [0.5, 0.6) is 0 Å². The van der Waals surface area contributed by atoms with E-state index >= 15 is 0 Å². The molecule has 2 fully saturated rings. The minimum atomic E-state index is -4.43. The van der Waals surface area contributed by atoms with Crippen molar-refractivity contribution in [3.63, 3.8) is 0 Å². The molecule has 4 nitrogen and oxygen atoms in total. The number of hydrogen-bond acceptors (Lipinski definition) is 3. The molecule has 1 heterocycles. The molecule has 2 aromatic carbocycles. The predicted molar refractivity (Wildman–Crippen MR) is 110 cm³/mol. The molecule has 1 saturated carbocycles. The van der Waals surface area contributed by atoms with Gasteiger partial charge in [0.25, 0.3) is 0 Å². The molecule has 1 N–H and O–H groups in total. The second-order valence-corrected chi connectivity index (χ2v) is 7.97. The number of carbonyl (C=O) groups excluding carboxylic acids is 1. The van der Waals surface area contributed by atoms with Crippen molar-refractivity contribution in [3.8, 4) is 0 Å². The molecule has 0 bridgehead atoms. The van der Waals surface area contributed by atoms with E-state index in [-0.39, 0.29) is 5.91 Å². The lowest BCUT2D eigenvalue weighted by molar-refractivity contribution is -0.137. The van der Waals surface area contributed by atoms with Crippen molar-refractivity contribution in [1.82, 2.24) is 0 Å². The maximum Gasteiger partial charge on any atom is 0.416 e. The number of nitrogens with one attached hydrogen (secondary N) is 1. The third-order valence-electron chi connectivity index (χ3n) is 6.14. The Labute approximate surface area is 174 Å². The zero-order chi connectivity index (χ0) is 21.2. The van der Waals surface area contributed by atoms with E-state index in [1.165, 1.54) is 6.07 Å². The Hall–Kier alpha value is -2.54. The summed E-state index contributed by atoms with van der Waals surface area (Å²) in [7, 11) is 0. The van der Waals surface area contributed by atoms with Crippen molar-refractivity contribution in [3.05, 3.63) is 59.7 Å². The number of ether oxygens (including phenoxy) is 1. The van der Waals surface area contributed by atoms with Gasteiger partial charge in [-0.3, -0.25) is 4.79 Å². The maximum absolute atomic E-state index is 13.3. The first-order chi connectivity index (χ1) is 14.4. The van der Waals surface area contributed by atoms with E-state index < -0.39 is 17.2 Å². The van der Waals surface area contributed by atoms with Crippen molar-refractivity contribution in [2.75, 3.05) is 36.5 Å². The van der Waals surface area contributed by atoms with E-state index in [2.05, 4.69) is 10.2 Å². The standard InChI is InChI=1S/C23H25F3N2O2/c24-23(25,26)18-5-3-4-17(16-18)22(10-1-2-11-22)21(29)27-19-6-8-20(9-7-19)28-12-14-30-15-13-28/h3-9,16H,1-2,10-15H2,(H,27,29). The van der Waals surface area contributed by atoms with Gasteiger partial charge in [-0.1, -0.05) is 31.0 Å². The van der Waals surface area contributed by atoms with Crippen LogP contribution in [0.4, 0.5) is 24.5 Å². The number of anilines is 2. The summed E-state index contributed by atoms with van der Waals surface area (Å²) in [6.07, 6.45) is -1.70. The van der Waals surface area contributed by atoms with Gasteiger partial charge in [-0.15, -0.1) is 0 Å². The summed E-state index contributed by atoms with van der Waals surface area (Å²) in [5, 5.41) is 2.95. The second-order valence-electron chi connectivity index (χ2n) is 7.97. The van der Waals surface area contributed by atoms with Gasteiger partial charge in [0.15, 0.2) is 0 Å². The zero-order valence-electron chi connectivity index (χ0n) is 16.7. The highest BCUT2D eigenvalue weighted by molar-refractivity contribution is 5.99. The number of amides is 1. The molecule has 1 aliphatic carbocycles. The van der Waals surface area contributed by atoms with Crippen LogP contribution in [0.15, 0.2) is 48.5 Å². The lowest BCUT2D eigenvalue weighted by Crippen LogP contribution is -2.38. The normalized spacial score (nSPS) is 19.0. The molecule has 2 aliphatic rings. The van der Waals surface area contributed by atoms with E-state index in [0.29, 0.717) is 37.3 Å². The van der Waals surface area contributed by atoms with Crippen molar-refractivity contribution in [2.24, 2.45) is 0 Å². The Bertz CT molecular complexity index is 884. The van der Waals surface area contributed by atoms with Crippen molar-refractivity contribution < 1.29 is 22.7 Å². The van der Waals surface area contributed by atoms with Crippen LogP contribution in [0.1, 0.15) is 36.8 Å². The fourth-order valence-corrected chi connectivity index (χ4v) is 4.45. The highest BCUT2D eigenvalue weighted by Gasteiger charge is 2.44. The smallest absolute Gasteiger partial charge is 0.378 e. The minimum absolute atomic E-state index is 0.238. The van der Waals surface area contributed by atoms with Crippen LogP contribution in [0.2, 0.25) is 0 Å². The van der Waals surface area contributed by atoms with E-state index in [4.69, 9.17) is 4.74 Å². The van der Waals surface area contributed by atoms with Gasteiger partial charge in [0.1, 0.15) is 0 Å². The Morgan fingerprint density at radius 1 is 1.00 bits per heavy atom. The first-order valence-corrected chi connectivity index (χ1v) is 10.3. The number of rotatable bonds is 4. The number of halogens is 3. The Balaban J connectivity index is 1.54. The van der Waals surface area contributed by atoms with E-state index in [1.54, 1.807) is 6.07 Å². The number of benzene rings is 2. The molecule has 1 saturated heterocycles. The lowest BCUT2D eigenvalue weighted by atomic mass is 9.77. The summed E-state index contributed by atoms with van der Waals surface area (Å²) in [5.74, 6) is -0.238. The van der Waals surface area contributed by atoms with Crippen LogP contribution in [0.25, 0.3) is 0 Å². The molecule has 160 valence electrons. The first kappa shape index (κ1) is 20.7. The molecular formula is C23H25F3N2O2. The topological polar surface area (TPSA) is 41.6 Å². The Morgan fingerprint density at radius 2 is 1.67 bits per heavy atom. The highest BCUT2D eigenvalue weighted by Crippen LogP contribution is 2.43. The number of alkyl halides is 3. The molecule has 0 unspecified atom stereocenters. The molecule has 7 heteroatoms. The van der Waals surface area contributed by atoms with Gasteiger partial charge in [-0.2, -0.15) is 13.2 Å². The quantitative estimate of drug-likeness (QED) is 0.760. The zero-order valence-corrected chi connectivity index (χ0v) is 16.7. The van der Waals surface area contributed by atoms with Gasteiger partial charge in [-0.25, -0.2) is 0 Å². The predicted octanol–water partition coefficient (Wildman–Crippen LogP) is 4.99. The van der Waals surface area contributed by atoms with Gasteiger partial charge < -0.3 is 15.0 Å². The van der Waals surface area contributed by atoms with Crippen LogP contribution in [-0.4, -0.2) is 32.2 Å². The molecule has 4 rings (SSSR count). The number of morpholine rings is 1. The third-order valence-corrected chi connectivity index (χ3v) is 6.14. The number of carbonyl (C=O) groups is 1. The summed E-state index contributed by atoms with van der Waals surface area (Å²) in [6.45, 7) is 3.03. The summed E-state index contributed by atoms with van der Waals surface area (Å²) < 4.78 is 45.0.